The van der Waals surface area contributed by atoms with Gasteiger partial charge >= 0.3 is 23.9 Å². The van der Waals surface area contributed by atoms with Gasteiger partial charge in [0.05, 0.1) is 6.61 Å². The van der Waals surface area contributed by atoms with Crippen LogP contribution >= 0.6 is 0 Å². The van der Waals surface area contributed by atoms with Crippen molar-refractivity contribution in [2.45, 2.75) is 58.4 Å². The minimum Gasteiger partial charge on any atom is -0.463 e. The zero-order valence-electron chi connectivity index (χ0n) is 15.7. The molecule has 0 aromatic rings. The quantitative estimate of drug-likeness (QED) is 0.325. The largest absolute Gasteiger partial charge is 0.463 e. The van der Waals surface area contributed by atoms with Crippen molar-refractivity contribution in [2.75, 3.05) is 13.2 Å². The lowest BCUT2D eigenvalue weighted by molar-refractivity contribution is -0.305. The van der Waals surface area contributed by atoms with Crippen LogP contribution in [0, 0.1) is 0 Å². The zero-order valence-corrected chi connectivity index (χ0v) is 15.7. The van der Waals surface area contributed by atoms with Crippen LogP contribution in [0.4, 0.5) is 0 Å². The number of esters is 4. The van der Waals surface area contributed by atoms with Crippen molar-refractivity contribution in [3.05, 3.63) is 12.7 Å². The molecule has 0 aromatic carbocycles. The minimum atomic E-state index is -1.24. The van der Waals surface area contributed by atoms with E-state index in [1.54, 1.807) is 0 Å². The van der Waals surface area contributed by atoms with E-state index in [0.29, 0.717) is 0 Å². The second-order valence-electron chi connectivity index (χ2n) is 5.69. The van der Waals surface area contributed by atoms with Crippen LogP contribution in [0.2, 0.25) is 0 Å². The molecule has 1 rings (SSSR count). The van der Waals surface area contributed by atoms with E-state index in [4.69, 9.17) is 28.4 Å². The molecular weight excluding hydrogens is 364 g/mol. The molecule has 1 heterocycles. The van der Waals surface area contributed by atoms with E-state index in [1.807, 2.05) is 0 Å². The summed E-state index contributed by atoms with van der Waals surface area (Å²) in [6.45, 7) is 7.90. The fourth-order valence-electron chi connectivity index (χ4n) is 2.49. The van der Waals surface area contributed by atoms with Gasteiger partial charge in [0.15, 0.2) is 24.6 Å². The zero-order chi connectivity index (χ0) is 20.6. The Morgan fingerprint density at radius 3 is 1.85 bits per heavy atom. The van der Waals surface area contributed by atoms with Gasteiger partial charge in [-0.3, -0.25) is 19.2 Å². The molecule has 0 spiro atoms. The monoisotopic (exact) mass is 388 g/mol. The highest BCUT2D eigenvalue weighted by Crippen LogP contribution is 2.29. The Bertz CT molecular complexity index is 572. The van der Waals surface area contributed by atoms with Crippen LogP contribution in [0.1, 0.15) is 27.7 Å². The normalized spacial score (nSPS) is 27.2. The molecule has 1 aliphatic heterocycles. The van der Waals surface area contributed by atoms with Gasteiger partial charge < -0.3 is 28.4 Å². The van der Waals surface area contributed by atoms with Gasteiger partial charge in [-0.1, -0.05) is 6.08 Å². The average molecular weight is 388 g/mol. The molecule has 10 heteroatoms. The highest BCUT2D eigenvalue weighted by atomic mass is 16.7. The molecule has 0 radical (unpaired) electrons. The summed E-state index contributed by atoms with van der Waals surface area (Å²) in [7, 11) is 0. The second kappa shape index (κ2) is 10.6. The summed E-state index contributed by atoms with van der Waals surface area (Å²) in [5.74, 6) is -2.67. The van der Waals surface area contributed by atoms with Crippen molar-refractivity contribution >= 4 is 23.9 Å². The number of carbonyl (C=O) groups is 4. The van der Waals surface area contributed by atoms with E-state index >= 15 is 0 Å². The van der Waals surface area contributed by atoms with Crippen molar-refractivity contribution in [2.24, 2.45) is 0 Å². The highest BCUT2D eigenvalue weighted by molar-refractivity contribution is 5.68. The number of hydrogen-bond donors (Lipinski definition) is 0. The van der Waals surface area contributed by atoms with Gasteiger partial charge in [0.1, 0.15) is 12.7 Å². The van der Waals surface area contributed by atoms with E-state index in [9.17, 15) is 19.2 Å². The third-order valence-corrected chi connectivity index (χ3v) is 3.33. The predicted octanol–water partition coefficient (Wildman–Crippen LogP) is 0.272. The van der Waals surface area contributed by atoms with Crippen molar-refractivity contribution in [1.82, 2.24) is 0 Å². The molecule has 1 saturated heterocycles. The molecule has 0 bridgehead atoms. The van der Waals surface area contributed by atoms with Gasteiger partial charge in [-0.15, -0.1) is 6.58 Å². The maximum Gasteiger partial charge on any atom is 0.303 e. The van der Waals surface area contributed by atoms with Gasteiger partial charge in [0.25, 0.3) is 0 Å². The molecule has 0 unspecified atom stereocenters. The van der Waals surface area contributed by atoms with Gasteiger partial charge in [0, 0.05) is 27.7 Å². The Kier molecular flexibility index (Phi) is 8.89. The predicted molar refractivity (Wildman–Crippen MR) is 88.1 cm³/mol. The maximum atomic E-state index is 11.6. The summed E-state index contributed by atoms with van der Waals surface area (Å²) in [6, 6.07) is 0. The first kappa shape index (κ1) is 22.6. The number of rotatable bonds is 8. The summed E-state index contributed by atoms with van der Waals surface area (Å²) in [5.41, 5.74) is 0. The molecule has 5 atom stereocenters. The molecule has 1 fully saturated rings. The lowest BCUT2D eigenvalue weighted by atomic mass is 9.98. The van der Waals surface area contributed by atoms with Gasteiger partial charge in [-0.2, -0.15) is 0 Å². The maximum absolute atomic E-state index is 11.6. The fraction of sp³-hybridized carbons (Fsp3) is 0.647. The molecule has 10 nitrogen and oxygen atoms in total. The summed E-state index contributed by atoms with van der Waals surface area (Å²) < 4.78 is 31.7. The summed E-state index contributed by atoms with van der Waals surface area (Å²) in [5, 5.41) is 0. The second-order valence-corrected chi connectivity index (χ2v) is 5.69. The van der Waals surface area contributed by atoms with Gasteiger partial charge in [-0.05, 0) is 0 Å². The molecule has 0 amide bonds. The third kappa shape index (κ3) is 7.35. The van der Waals surface area contributed by atoms with Crippen LogP contribution in [0.25, 0.3) is 0 Å². The lowest BCUT2D eigenvalue weighted by Gasteiger charge is -2.43. The molecule has 152 valence electrons. The van der Waals surface area contributed by atoms with Crippen molar-refractivity contribution in [3.8, 4) is 0 Å². The van der Waals surface area contributed by atoms with Crippen LogP contribution in [0.5, 0.6) is 0 Å². The lowest BCUT2D eigenvalue weighted by Crippen LogP contribution is -2.62. The summed E-state index contributed by atoms with van der Waals surface area (Å²) in [6.07, 6.45) is -4.41. The smallest absolute Gasteiger partial charge is 0.303 e. The van der Waals surface area contributed by atoms with Crippen molar-refractivity contribution < 1.29 is 47.6 Å². The fourth-order valence-corrected chi connectivity index (χ4v) is 2.49. The summed E-state index contributed by atoms with van der Waals surface area (Å²) in [4.78, 5) is 45.8. The first-order valence-electron chi connectivity index (χ1n) is 8.18. The Hall–Kier alpha value is -2.46. The van der Waals surface area contributed by atoms with Gasteiger partial charge in [-0.25, -0.2) is 0 Å². The van der Waals surface area contributed by atoms with E-state index in [1.165, 1.54) is 13.0 Å². The average Bonchev–Trinajstić information content (AvgIpc) is 2.54. The van der Waals surface area contributed by atoms with Crippen molar-refractivity contribution in [1.29, 1.82) is 0 Å². The first-order chi connectivity index (χ1) is 12.6. The van der Waals surface area contributed by atoms with Gasteiger partial charge in [0.2, 0.25) is 0 Å². The Labute approximate surface area is 156 Å². The Balaban J connectivity index is 3.24. The molecule has 0 aromatic heterocycles. The molecule has 1 aliphatic rings. The van der Waals surface area contributed by atoms with Crippen LogP contribution in [0.15, 0.2) is 12.7 Å². The molecular formula is C17H24O10. The van der Waals surface area contributed by atoms with Crippen LogP contribution in [-0.4, -0.2) is 67.8 Å². The van der Waals surface area contributed by atoms with E-state index in [2.05, 4.69) is 6.58 Å². The molecule has 0 aliphatic carbocycles. The topological polar surface area (TPSA) is 124 Å². The number of carbonyl (C=O) groups excluding carboxylic acids is 4. The minimum absolute atomic E-state index is 0.0355. The Morgan fingerprint density at radius 1 is 0.852 bits per heavy atom. The molecule has 27 heavy (non-hydrogen) atoms. The van der Waals surface area contributed by atoms with E-state index in [-0.39, 0.29) is 13.2 Å². The third-order valence-electron chi connectivity index (χ3n) is 3.33. The van der Waals surface area contributed by atoms with Crippen LogP contribution in [-0.2, 0) is 47.6 Å². The van der Waals surface area contributed by atoms with Crippen LogP contribution < -0.4 is 0 Å². The number of hydrogen-bond acceptors (Lipinski definition) is 10. The first-order valence-corrected chi connectivity index (χ1v) is 8.18. The molecule has 0 N–H and O–H groups in total. The van der Waals surface area contributed by atoms with Crippen molar-refractivity contribution in [3.63, 3.8) is 0 Å². The Morgan fingerprint density at radius 2 is 1.37 bits per heavy atom. The number of ether oxygens (including phenoxy) is 6. The highest BCUT2D eigenvalue weighted by Gasteiger charge is 2.52. The molecule has 0 saturated carbocycles. The SMILES string of the molecule is C=CCO[C@@H]1O[C@H](COC(C)=O)[C@H](OC(C)=O)[C@H](OC(C)=O)[C@H]1OC(C)=O. The van der Waals surface area contributed by atoms with E-state index in [0.717, 1.165) is 20.8 Å². The van der Waals surface area contributed by atoms with E-state index < -0.39 is 54.6 Å². The summed E-state index contributed by atoms with van der Waals surface area (Å²) >= 11 is 0. The standard InChI is InChI=1S/C17H24O10/c1-6-7-22-17-16(26-12(5)21)15(25-11(4)20)14(24-10(3)19)13(27-17)8-23-9(2)18/h6,13-17H,1,7-8H2,2-5H3/t13-,14+,15+,16-,17-/m1/s1. The van der Waals surface area contributed by atoms with Crippen LogP contribution in [0.3, 0.4) is 0 Å².